The van der Waals surface area contributed by atoms with E-state index >= 15 is 0 Å². The molecule has 0 aliphatic heterocycles. The van der Waals surface area contributed by atoms with Gasteiger partial charge in [-0.15, -0.1) is 0 Å². The van der Waals surface area contributed by atoms with Crippen LogP contribution in [0, 0.1) is 6.92 Å². The molecule has 1 atom stereocenters. The summed E-state index contributed by atoms with van der Waals surface area (Å²) in [7, 11) is -3.76. The van der Waals surface area contributed by atoms with Gasteiger partial charge in [0.2, 0.25) is 21.8 Å². The molecule has 2 aromatic carbocycles. The largest absolute Gasteiger partial charge is 0.352 e. The van der Waals surface area contributed by atoms with E-state index in [9.17, 15) is 18.0 Å². The van der Waals surface area contributed by atoms with E-state index in [1.807, 2.05) is 12.1 Å². The molecule has 1 N–H and O–H groups in total. The third-order valence-electron chi connectivity index (χ3n) is 6.48. The molecule has 1 saturated carbocycles. The van der Waals surface area contributed by atoms with Crippen molar-refractivity contribution in [3.63, 3.8) is 0 Å². The highest BCUT2D eigenvalue weighted by molar-refractivity contribution is 7.92. The monoisotopic (exact) mass is 519 g/mol. The Labute approximate surface area is 213 Å². The van der Waals surface area contributed by atoms with Crippen LogP contribution in [0.2, 0.25) is 5.02 Å². The van der Waals surface area contributed by atoms with Crippen LogP contribution in [0.1, 0.15) is 50.2 Å². The summed E-state index contributed by atoms with van der Waals surface area (Å²) in [6, 6.07) is 13.4. The van der Waals surface area contributed by atoms with Crippen LogP contribution in [-0.4, -0.2) is 50.0 Å². The summed E-state index contributed by atoms with van der Waals surface area (Å²) in [4.78, 5) is 28.2. The van der Waals surface area contributed by atoms with Crippen LogP contribution < -0.4 is 9.62 Å². The Hall–Kier alpha value is -2.58. The fourth-order valence-electron chi connectivity index (χ4n) is 4.40. The van der Waals surface area contributed by atoms with Crippen LogP contribution in [0.4, 0.5) is 5.69 Å². The molecule has 1 fully saturated rings. The molecule has 190 valence electrons. The summed E-state index contributed by atoms with van der Waals surface area (Å²) in [5, 5.41) is 3.56. The Morgan fingerprint density at radius 3 is 2.31 bits per heavy atom. The average molecular weight is 520 g/mol. The lowest BCUT2D eigenvalue weighted by Gasteiger charge is -2.33. The van der Waals surface area contributed by atoms with Crippen molar-refractivity contribution in [3.8, 4) is 0 Å². The molecule has 3 rings (SSSR count). The number of aryl methyl sites for hydroxylation is 1. The van der Waals surface area contributed by atoms with Crippen molar-refractivity contribution in [1.29, 1.82) is 0 Å². The van der Waals surface area contributed by atoms with Crippen LogP contribution in [0.15, 0.2) is 48.5 Å². The van der Waals surface area contributed by atoms with Gasteiger partial charge in [-0.3, -0.25) is 13.9 Å². The maximum Gasteiger partial charge on any atom is 0.244 e. The van der Waals surface area contributed by atoms with Crippen LogP contribution >= 0.6 is 11.6 Å². The number of halogens is 1. The predicted octanol–water partition coefficient (Wildman–Crippen LogP) is 4.28. The maximum absolute atomic E-state index is 13.6. The summed E-state index contributed by atoms with van der Waals surface area (Å²) in [5.41, 5.74) is 1.84. The Morgan fingerprint density at radius 2 is 1.69 bits per heavy atom. The van der Waals surface area contributed by atoms with Crippen molar-refractivity contribution in [2.24, 2.45) is 0 Å². The minimum absolute atomic E-state index is 0.0864. The number of nitrogens with one attached hydrogen (secondary N) is 1. The number of anilines is 1. The molecule has 7 nitrogen and oxygen atoms in total. The van der Waals surface area contributed by atoms with Gasteiger partial charge in [0, 0.05) is 17.6 Å². The summed E-state index contributed by atoms with van der Waals surface area (Å²) in [6.07, 6.45) is 6.23. The van der Waals surface area contributed by atoms with E-state index < -0.39 is 28.5 Å². The van der Waals surface area contributed by atoms with Gasteiger partial charge >= 0.3 is 0 Å². The molecule has 2 aromatic rings. The van der Waals surface area contributed by atoms with Gasteiger partial charge in [0.1, 0.15) is 12.6 Å². The molecule has 0 saturated heterocycles. The van der Waals surface area contributed by atoms with Gasteiger partial charge in [0.15, 0.2) is 0 Å². The van der Waals surface area contributed by atoms with Crippen molar-refractivity contribution in [3.05, 3.63) is 64.7 Å². The second-order valence-corrected chi connectivity index (χ2v) is 11.5. The molecule has 2 amide bonds. The smallest absolute Gasteiger partial charge is 0.244 e. The van der Waals surface area contributed by atoms with E-state index in [0.29, 0.717) is 16.3 Å². The van der Waals surface area contributed by atoms with Gasteiger partial charge in [-0.2, -0.15) is 0 Å². The van der Waals surface area contributed by atoms with Gasteiger partial charge in [0.05, 0.1) is 11.9 Å². The summed E-state index contributed by atoms with van der Waals surface area (Å²) in [5.74, 6) is -0.732. The van der Waals surface area contributed by atoms with Gasteiger partial charge in [0.25, 0.3) is 0 Å². The highest BCUT2D eigenvalue weighted by Crippen LogP contribution is 2.24. The third-order valence-corrected chi connectivity index (χ3v) is 7.98. The van der Waals surface area contributed by atoms with Crippen molar-refractivity contribution >= 4 is 39.1 Å². The summed E-state index contributed by atoms with van der Waals surface area (Å²) < 4.78 is 26.4. The van der Waals surface area contributed by atoms with Crippen molar-refractivity contribution in [2.45, 2.75) is 64.6 Å². The van der Waals surface area contributed by atoms with Gasteiger partial charge in [-0.25, -0.2) is 8.42 Å². The van der Waals surface area contributed by atoms with E-state index in [4.69, 9.17) is 11.6 Å². The highest BCUT2D eigenvalue weighted by atomic mass is 35.5. The summed E-state index contributed by atoms with van der Waals surface area (Å²) in [6.45, 7) is 3.13. The van der Waals surface area contributed by atoms with E-state index in [1.165, 1.54) is 11.3 Å². The topological polar surface area (TPSA) is 86.8 Å². The Kier molecular flexibility index (Phi) is 9.19. The minimum Gasteiger partial charge on any atom is -0.352 e. The first-order chi connectivity index (χ1) is 16.6. The van der Waals surface area contributed by atoms with Crippen LogP contribution in [0.5, 0.6) is 0 Å². The quantitative estimate of drug-likeness (QED) is 0.535. The molecular weight excluding hydrogens is 486 g/mol. The second kappa shape index (κ2) is 11.9. The number of para-hydroxylation sites is 1. The molecule has 0 spiro atoms. The van der Waals surface area contributed by atoms with Crippen molar-refractivity contribution in [2.75, 3.05) is 17.1 Å². The first kappa shape index (κ1) is 27.0. The molecule has 1 aliphatic carbocycles. The zero-order valence-electron chi connectivity index (χ0n) is 20.5. The van der Waals surface area contributed by atoms with Crippen molar-refractivity contribution in [1.82, 2.24) is 10.2 Å². The van der Waals surface area contributed by atoms with Crippen LogP contribution in [0.3, 0.4) is 0 Å². The highest BCUT2D eigenvalue weighted by Gasteiger charge is 2.31. The molecule has 1 unspecified atom stereocenters. The normalized spacial score (nSPS) is 15.3. The Bertz CT molecular complexity index is 1150. The zero-order chi connectivity index (χ0) is 25.6. The molecular formula is C26H34ClN3O4S. The number of sulfonamides is 1. The van der Waals surface area contributed by atoms with E-state index in [-0.39, 0.29) is 18.5 Å². The number of carbonyl (C=O) groups excluding carboxylic acids is 2. The van der Waals surface area contributed by atoms with E-state index in [0.717, 1.165) is 41.8 Å². The number of carbonyl (C=O) groups is 2. The number of rotatable bonds is 9. The fourth-order valence-corrected chi connectivity index (χ4v) is 5.50. The van der Waals surface area contributed by atoms with Crippen LogP contribution in [-0.2, 0) is 26.2 Å². The lowest BCUT2D eigenvalue weighted by atomic mass is 9.95. The minimum atomic E-state index is -3.76. The van der Waals surface area contributed by atoms with E-state index in [2.05, 4.69) is 5.32 Å². The molecule has 0 heterocycles. The Morgan fingerprint density at radius 1 is 1.06 bits per heavy atom. The van der Waals surface area contributed by atoms with E-state index in [1.54, 1.807) is 50.2 Å². The number of benzene rings is 2. The lowest BCUT2D eigenvalue weighted by Crippen LogP contribution is -2.53. The molecule has 0 bridgehead atoms. The number of hydrogen-bond acceptors (Lipinski definition) is 4. The molecule has 9 heteroatoms. The Balaban J connectivity index is 1.89. The lowest BCUT2D eigenvalue weighted by molar-refractivity contribution is -0.139. The third kappa shape index (κ3) is 7.21. The fraction of sp³-hybridized carbons (Fsp3) is 0.462. The van der Waals surface area contributed by atoms with Gasteiger partial charge < -0.3 is 10.2 Å². The van der Waals surface area contributed by atoms with Gasteiger partial charge in [-0.1, -0.05) is 67.3 Å². The average Bonchev–Trinajstić information content (AvgIpc) is 2.82. The number of amides is 2. The number of nitrogens with zero attached hydrogens (tertiary/aromatic N) is 2. The SMILES string of the molecule is Cc1ccccc1N(CC(=O)N(Cc1ccccc1Cl)C(C)C(=O)NC1CCCCC1)S(C)(=O)=O. The summed E-state index contributed by atoms with van der Waals surface area (Å²) >= 11 is 6.36. The number of hydrogen-bond donors (Lipinski definition) is 1. The first-order valence-electron chi connectivity index (χ1n) is 11.9. The molecule has 1 aliphatic rings. The molecule has 0 radical (unpaired) electrons. The molecule has 0 aromatic heterocycles. The van der Waals surface area contributed by atoms with Gasteiger partial charge in [-0.05, 0) is 49.9 Å². The van der Waals surface area contributed by atoms with Crippen LogP contribution in [0.25, 0.3) is 0 Å². The first-order valence-corrected chi connectivity index (χ1v) is 14.2. The standard InChI is InChI=1S/C26H34ClN3O4S/c1-19-11-7-10-16-24(19)30(35(3,33)34)18-25(31)29(17-21-12-8-9-15-23(21)27)20(2)26(32)28-22-13-5-4-6-14-22/h7-12,15-16,20,22H,4-6,13-14,17-18H2,1-3H3,(H,28,32). The van der Waals surface area contributed by atoms with Crippen molar-refractivity contribution < 1.29 is 18.0 Å². The second-order valence-electron chi connectivity index (χ2n) is 9.19. The molecule has 35 heavy (non-hydrogen) atoms. The maximum atomic E-state index is 13.6. The zero-order valence-corrected chi connectivity index (χ0v) is 22.1. The predicted molar refractivity (Wildman–Crippen MR) is 140 cm³/mol.